The zero-order valence-electron chi connectivity index (χ0n) is 3.30. The van der Waals surface area contributed by atoms with Gasteiger partial charge in [0.05, 0.1) is 0 Å². The quantitative estimate of drug-likeness (QED) is 0.432. The molecule has 0 amide bonds. The summed E-state index contributed by atoms with van der Waals surface area (Å²) in [6.07, 6.45) is 0. The van der Waals surface area contributed by atoms with Crippen LogP contribution < -0.4 is 18.9 Å². The molecule has 0 fully saturated rings. The SMILES string of the molecule is [CH3][Au-][CH3].[Li+]. The van der Waals surface area contributed by atoms with Crippen LogP contribution in [0.5, 0.6) is 0 Å². The standard InChI is InChI=1S/2CH3.Au.Li/h2*1H3;;/q;;-1;+1. The van der Waals surface area contributed by atoms with Crippen molar-refractivity contribution in [3.05, 3.63) is 0 Å². The van der Waals surface area contributed by atoms with Gasteiger partial charge in [0, 0.05) is 0 Å². The summed E-state index contributed by atoms with van der Waals surface area (Å²) in [7, 11) is 0. The minimum Gasteiger partial charge on any atom is 1.00 e. The topological polar surface area (TPSA) is 0 Å². The van der Waals surface area contributed by atoms with E-state index in [0.29, 0.717) is 19.8 Å². The van der Waals surface area contributed by atoms with E-state index in [1.165, 1.54) is 0 Å². The van der Waals surface area contributed by atoms with E-state index in [1.807, 2.05) is 0 Å². The zero-order chi connectivity index (χ0) is 2.71. The van der Waals surface area contributed by atoms with E-state index in [2.05, 4.69) is 10.3 Å². The van der Waals surface area contributed by atoms with Crippen molar-refractivity contribution in [3.8, 4) is 0 Å². The molecule has 4 heavy (non-hydrogen) atoms. The van der Waals surface area contributed by atoms with E-state index in [4.69, 9.17) is 0 Å². The Balaban J connectivity index is 0. The predicted molar refractivity (Wildman–Crippen MR) is 11.7 cm³/mol. The van der Waals surface area contributed by atoms with Crippen LogP contribution in [-0.2, 0) is 19.8 Å². The van der Waals surface area contributed by atoms with Gasteiger partial charge < -0.3 is 0 Å². The van der Waals surface area contributed by atoms with Gasteiger partial charge in [0.1, 0.15) is 0 Å². The second kappa shape index (κ2) is 8.84. The summed E-state index contributed by atoms with van der Waals surface area (Å²) in [5.41, 5.74) is 0. The molecule has 0 aromatic carbocycles. The Bertz CT molecular complexity index is 6.00. The first kappa shape index (κ1) is 9.02. The number of hydrogen-bond acceptors (Lipinski definition) is 0. The van der Waals surface area contributed by atoms with Gasteiger partial charge >= 0.3 is 48.9 Å². The van der Waals surface area contributed by atoms with Crippen LogP contribution in [0.1, 0.15) is 0 Å². The molecule has 0 aromatic rings. The molecule has 0 nitrogen and oxygen atoms in total. The molecule has 0 bridgehead atoms. The molecule has 0 aromatic heterocycles. The van der Waals surface area contributed by atoms with Crippen LogP contribution in [0.25, 0.3) is 0 Å². The van der Waals surface area contributed by atoms with Crippen molar-refractivity contribution in [2.45, 2.75) is 10.3 Å². The van der Waals surface area contributed by atoms with Gasteiger partial charge in [0.25, 0.3) is 0 Å². The number of rotatable bonds is 0. The Hall–Kier alpha value is 1.34. The first-order valence-electron chi connectivity index (χ1n) is 0.603. The second-order valence-corrected chi connectivity index (χ2v) is 2.47. The van der Waals surface area contributed by atoms with Crippen LogP contribution in [0.3, 0.4) is 0 Å². The van der Waals surface area contributed by atoms with Crippen molar-refractivity contribution in [1.82, 2.24) is 0 Å². The van der Waals surface area contributed by atoms with Gasteiger partial charge in [-0.2, -0.15) is 0 Å². The van der Waals surface area contributed by atoms with E-state index in [1.54, 1.807) is 0 Å². The van der Waals surface area contributed by atoms with Crippen LogP contribution in [0.4, 0.5) is 0 Å². The third kappa shape index (κ3) is 10.2. The monoisotopic (exact) mass is 234 g/mol. The molecule has 2 heteroatoms. The molecule has 0 aliphatic heterocycles. The molecule has 0 unspecified atom stereocenters. The van der Waals surface area contributed by atoms with E-state index in [9.17, 15) is 0 Å². The maximum atomic E-state index is 2.22. The Morgan fingerprint density at radius 2 is 1.25 bits per heavy atom. The normalized spacial score (nSPS) is 5.50. The van der Waals surface area contributed by atoms with Gasteiger partial charge in [-0.3, -0.25) is 0 Å². The summed E-state index contributed by atoms with van der Waals surface area (Å²) in [6.45, 7) is 0. The molecule has 0 spiro atoms. The van der Waals surface area contributed by atoms with Gasteiger partial charge in [-0.1, -0.05) is 0 Å². The smallest absolute Gasteiger partial charge is 1.00 e. The fourth-order valence-corrected chi connectivity index (χ4v) is 0. The average molecular weight is 234 g/mol. The summed E-state index contributed by atoms with van der Waals surface area (Å²) < 4.78 is 0. The molecule has 0 aliphatic rings. The molecule has 0 atom stereocenters. The van der Waals surface area contributed by atoms with Crippen molar-refractivity contribution in [3.63, 3.8) is 0 Å². The fourth-order valence-electron chi connectivity index (χ4n) is 0. The van der Waals surface area contributed by atoms with Gasteiger partial charge in [-0.15, -0.1) is 0 Å². The third-order valence-corrected chi connectivity index (χ3v) is 0. The molecule has 0 saturated heterocycles. The summed E-state index contributed by atoms with van der Waals surface area (Å²) >= 11 is 0.667. The molecule has 26 valence electrons. The van der Waals surface area contributed by atoms with Gasteiger partial charge in [0.2, 0.25) is 0 Å². The summed E-state index contributed by atoms with van der Waals surface area (Å²) in [5, 5.41) is 4.44. The summed E-state index contributed by atoms with van der Waals surface area (Å²) in [6, 6.07) is 0. The van der Waals surface area contributed by atoms with Crippen LogP contribution in [0, 0.1) is 0 Å². The molecular weight excluding hydrogens is 228 g/mol. The molecule has 0 heterocycles. The maximum Gasteiger partial charge on any atom is 1.00 e. The van der Waals surface area contributed by atoms with Crippen LogP contribution in [0.2, 0.25) is 10.3 Å². The van der Waals surface area contributed by atoms with Gasteiger partial charge in [-0.25, -0.2) is 0 Å². The Kier molecular flexibility index (Phi) is 19.9. The molecule has 0 radical (unpaired) electrons. The largest absolute Gasteiger partial charge is 1.00 e. The van der Waals surface area contributed by atoms with E-state index >= 15 is 0 Å². The Morgan fingerprint density at radius 1 is 1.25 bits per heavy atom. The van der Waals surface area contributed by atoms with Crippen molar-refractivity contribution < 1.29 is 38.6 Å². The third-order valence-electron chi connectivity index (χ3n) is 0. The molecular formula is C2H6AuLi. The first-order valence-corrected chi connectivity index (χ1v) is 4.94. The first-order chi connectivity index (χ1) is 1.41. The van der Waals surface area contributed by atoms with Crippen molar-refractivity contribution in [1.29, 1.82) is 0 Å². The minimum atomic E-state index is 0. The summed E-state index contributed by atoms with van der Waals surface area (Å²) in [5.74, 6) is 0. The molecule has 0 aliphatic carbocycles. The van der Waals surface area contributed by atoms with E-state index in [0.717, 1.165) is 0 Å². The molecule has 0 N–H and O–H groups in total. The van der Waals surface area contributed by atoms with Gasteiger partial charge in [-0.05, 0) is 0 Å². The van der Waals surface area contributed by atoms with Crippen LogP contribution in [-0.4, -0.2) is 0 Å². The zero-order valence-corrected chi connectivity index (χ0v) is 5.47. The average Bonchev–Trinajstić information content (AvgIpc) is 0.918. The minimum absolute atomic E-state index is 0. The van der Waals surface area contributed by atoms with Gasteiger partial charge in [0.15, 0.2) is 0 Å². The van der Waals surface area contributed by atoms with Crippen LogP contribution in [0.15, 0.2) is 0 Å². The van der Waals surface area contributed by atoms with Crippen molar-refractivity contribution in [2.75, 3.05) is 0 Å². The predicted octanol–water partition coefficient (Wildman–Crippen LogP) is -1.83. The fraction of sp³-hybridized carbons (Fsp3) is 1.00. The Morgan fingerprint density at radius 3 is 1.25 bits per heavy atom. The van der Waals surface area contributed by atoms with Crippen molar-refractivity contribution >= 4 is 0 Å². The Labute approximate surface area is 48.8 Å². The second-order valence-electron chi connectivity index (χ2n) is 0.302. The van der Waals surface area contributed by atoms with Crippen LogP contribution >= 0.6 is 0 Å². The maximum absolute atomic E-state index is 2.22. The summed E-state index contributed by atoms with van der Waals surface area (Å²) in [4.78, 5) is 0. The van der Waals surface area contributed by atoms with E-state index in [-0.39, 0.29) is 18.9 Å². The number of hydrogen-bond donors (Lipinski definition) is 0. The molecule has 0 rings (SSSR count). The van der Waals surface area contributed by atoms with Crippen molar-refractivity contribution in [2.24, 2.45) is 0 Å². The molecule has 0 saturated carbocycles. The van der Waals surface area contributed by atoms with E-state index < -0.39 is 0 Å².